The molecule has 2 rings (SSSR count). The summed E-state index contributed by atoms with van der Waals surface area (Å²) in [5.41, 5.74) is 8.80. The molecule has 3 N–H and O–H groups in total. The van der Waals surface area contributed by atoms with Gasteiger partial charge in [-0.2, -0.15) is 0 Å². The van der Waals surface area contributed by atoms with E-state index in [-0.39, 0.29) is 18.3 Å². The smallest absolute Gasteiger partial charge is 0.220 e. The van der Waals surface area contributed by atoms with Crippen LogP contribution in [0.25, 0.3) is 0 Å². The minimum atomic E-state index is 0. The van der Waals surface area contributed by atoms with Crippen molar-refractivity contribution in [2.24, 2.45) is 0 Å². The zero-order chi connectivity index (χ0) is 18.1. The van der Waals surface area contributed by atoms with Crippen LogP contribution in [0.4, 0.5) is 5.69 Å². The van der Waals surface area contributed by atoms with Gasteiger partial charge in [0.1, 0.15) is 0 Å². The first-order valence-electron chi connectivity index (χ1n) is 8.45. The summed E-state index contributed by atoms with van der Waals surface area (Å²) in [6.07, 6.45) is 2.85. The normalized spacial score (nSPS) is 9.92. The second-order valence-electron chi connectivity index (χ2n) is 5.84. The number of nitrogens with two attached hydrogens (primary N) is 1. The number of carbonyl (C=O) groups excluding carboxylic acids is 1. The molecule has 0 heterocycles. The summed E-state index contributed by atoms with van der Waals surface area (Å²) in [6.45, 7) is 0.650. The number of hydrogen-bond acceptors (Lipinski definition) is 4. The van der Waals surface area contributed by atoms with Crippen LogP contribution in [0.3, 0.4) is 0 Å². The van der Waals surface area contributed by atoms with Crippen LogP contribution in [0, 0.1) is 0 Å². The Kier molecular flexibility index (Phi) is 9.37. The maximum atomic E-state index is 11.9. The molecular weight excluding hydrogens is 352 g/mol. The van der Waals surface area contributed by atoms with Gasteiger partial charge >= 0.3 is 0 Å². The van der Waals surface area contributed by atoms with Crippen LogP contribution in [0.5, 0.6) is 11.5 Å². The Bertz CT molecular complexity index is 707. The van der Waals surface area contributed by atoms with E-state index in [1.165, 1.54) is 0 Å². The van der Waals surface area contributed by atoms with Gasteiger partial charge in [-0.1, -0.05) is 24.3 Å². The Labute approximate surface area is 161 Å². The molecule has 0 saturated carbocycles. The number of methoxy groups -OCH3 is 2. The summed E-state index contributed by atoms with van der Waals surface area (Å²) in [5.74, 6) is 1.50. The third kappa shape index (κ3) is 6.48. The van der Waals surface area contributed by atoms with E-state index in [0.29, 0.717) is 19.4 Å². The van der Waals surface area contributed by atoms with Gasteiger partial charge in [-0.15, -0.1) is 12.4 Å². The number of nitrogen functional groups attached to an aromatic ring is 1. The minimum Gasteiger partial charge on any atom is -0.493 e. The number of carbonyl (C=O) groups is 1. The minimum absolute atomic E-state index is 0. The maximum Gasteiger partial charge on any atom is 0.220 e. The van der Waals surface area contributed by atoms with Gasteiger partial charge in [0.2, 0.25) is 5.91 Å². The van der Waals surface area contributed by atoms with Gasteiger partial charge in [0.05, 0.1) is 14.2 Å². The monoisotopic (exact) mass is 378 g/mol. The second-order valence-corrected chi connectivity index (χ2v) is 5.84. The summed E-state index contributed by atoms with van der Waals surface area (Å²) in [4.78, 5) is 11.9. The number of rotatable bonds is 9. The molecule has 0 unspecified atom stereocenters. The number of ether oxygens (including phenoxy) is 2. The van der Waals surface area contributed by atoms with E-state index in [2.05, 4.69) is 5.32 Å². The van der Waals surface area contributed by atoms with Gasteiger partial charge < -0.3 is 20.5 Å². The predicted molar refractivity (Wildman–Crippen MR) is 107 cm³/mol. The fourth-order valence-corrected chi connectivity index (χ4v) is 2.65. The molecule has 0 aromatic heterocycles. The number of aryl methyl sites for hydroxylation is 2. The predicted octanol–water partition coefficient (Wildman–Crippen LogP) is 3.39. The Balaban J connectivity index is 0.00000338. The molecule has 0 saturated heterocycles. The molecule has 0 fully saturated rings. The number of anilines is 1. The molecule has 0 radical (unpaired) electrons. The Morgan fingerprint density at radius 3 is 2.46 bits per heavy atom. The van der Waals surface area contributed by atoms with Crippen molar-refractivity contribution in [3.8, 4) is 11.5 Å². The molecule has 0 atom stereocenters. The molecule has 0 aliphatic carbocycles. The number of nitrogens with one attached hydrogen (secondary N) is 1. The van der Waals surface area contributed by atoms with Crippen LogP contribution >= 0.6 is 12.4 Å². The third-order valence-electron chi connectivity index (χ3n) is 4.09. The van der Waals surface area contributed by atoms with Gasteiger partial charge in [-0.25, -0.2) is 0 Å². The molecule has 26 heavy (non-hydrogen) atoms. The Morgan fingerprint density at radius 1 is 1.04 bits per heavy atom. The fraction of sp³-hybridized carbons (Fsp3) is 0.350. The van der Waals surface area contributed by atoms with Crippen molar-refractivity contribution in [3.05, 3.63) is 53.6 Å². The fourth-order valence-electron chi connectivity index (χ4n) is 2.65. The summed E-state index contributed by atoms with van der Waals surface area (Å²) in [7, 11) is 3.25. The van der Waals surface area contributed by atoms with E-state index in [0.717, 1.165) is 41.2 Å². The Hall–Kier alpha value is -2.40. The van der Waals surface area contributed by atoms with E-state index in [1.807, 2.05) is 42.5 Å². The first-order valence-corrected chi connectivity index (χ1v) is 8.45. The van der Waals surface area contributed by atoms with Crippen LogP contribution in [-0.4, -0.2) is 26.7 Å². The van der Waals surface area contributed by atoms with Crippen LogP contribution < -0.4 is 20.5 Å². The number of hydrogen-bond donors (Lipinski definition) is 2. The molecule has 1 amide bonds. The number of halogens is 1. The summed E-state index contributed by atoms with van der Waals surface area (Å²) >= 11 is 0. The van der Waals surface area contributed by atoms with Crippen LogP contribution in [0.2, 0.25) is 0 Å². The zero-order valence-electron chi connectivity index (χ0n) is 15.3. The largest absolute Gasteiger partial charge is 0.493 e. The lowest BCUT2D eigenvalue weighted by molar-refractivity contribution is -0.121. The molecule has 0 bridgehead atoms. The Morgan fingerprint density at radius 2 is 1.77 bits per heavy atom. The van der Waals surface area contributed by atoms with E-state index in [4.69, 9.17) is 15.2 Å². The first-order chi connectivity index (χ1) is 12.1. The van der Waals surface area contributed by atoms with Gasteiger partial charge in [0, 0.05) is 18.7 Å². The van der Waals surface area contributed by atoms with E-state index in [9.17, 15) is 4.79 Å². The van der Waals surface area contributed by atoms with Gasteiger partial charge in [-0.3, -0.25) is 4.79 Å². The van der Waals surface area contributed by atoms with Crippen molar-refractivity contribution < 1.29 is 14.3 Å². The zero-order valence-corrected chi connectivity index (χ0v) is 16.1. The standard InChI is InChI=1S/C20H26N2O3.ClH/c1-24-18-11-9-15(14-19(18)25-2)6-5-13-22-20(23)12-10-16-7-3-4-8-17(16)21;/h3-4,7-9,11,14H,5-6,10,12-13,21H2,1-2H3,(H,22,23);1H. The van der Waals surface area contributed by atoms with E-state index < -0.39 is 0 Å². The average molecular weight is 379 g/mol. The topological polar surface area (TPSA) is 73.6 Å². The maximum absolute atomic E-state index is 11.9. The van der Waals surface area contributed by atoms with Gasteiger partial charge in [0.15, 0.2) is 11.5 Å². The molecule has 0 aliphatic heterocycles. The van der Waals surface area contributed by atoms with Gasteiger partial charge in [-0.05, 0) is 48.6 Å². The number of benzene rings is 2. The molecule has 0 spiro atoms. The number of amides is 1. The van der Waals surface area contributed by atoms with E-state index >= 15 is 0 Å². The molecule has 142 valence electrons. The third-order valence-corrected chi connectivity index (χ3v) is 4.09. The summed E-state index contributed by atoms with van der Waals surface area (Å²) in [5, 5.41) is 2.96. The first kappa shape index (κ1) is 21.6. The van der Waals surface area contributed by atoms with Crippen LogP contribution in [0.1, 0.15) is 24.0 Å². The van der Waals surface area contributed by atoms with Crippen molar-refractivity contribution in [2.45, 2.75) is 25.7 Å². The molecule has 5 nitrogen and oxygen atoms in total. The SMILES string of the molecule is COc1ccc(CCCNC(=O)CCc2ccccc2N)cc1OC.Cl. The average Bonchev–Trinajstić information content (AvgIpc) is 2.64. The lowest BCUT2D eigenvalue weighted by Crippen LogP contribution is -2.25. The lowest BCUT2D eigenvalue weighted by Gasteiger charge is -2.10. The summed E-state index contributed by atoms with van der Waals surface area (Å²) in [6, 6.07) is 13.5. The quantitative estimate of drug-likeness (QED) is 0.518. The van der Waals surface area contributed by atoms with E-state index in [1.54, 1.807) is 14.2 Å². The van der Waals surface area contributed by atoms with Crippen molar-refractivity contribution in [3.63, 3.8) is 0 Å². The summed E-state index contributed by atoms with van der Waals surface area (Å²) < 4.78 is 10.5. The molecule has 6 heteroatoms. The molecule has 2 aromatic rings. The molecular formula is C20H27ClN2O3. The molecule has 2 aromatic carbocycles. The molecule has 0 aliphatic rings. The van der Waals surface area contributed by atoms with Crippen LogP contribution in [0.15, 0.2) is 42.5 Å². The highest BCUT2D eigenvalue weighted by atomic mass is 35.5. The highest BCUT2D eigenvalue weighted by Crippen LogP contribution is 2.27. The van der Waals surface area contributed by atoms with Gasteiger partial charge in [0.25, 0.3) is 0 Å². The van der Waals surface area contributed by atoms with Crippen molar-refractivity contribution >= 4 is 24.0 Å². The van der Waals surface area contributed by atoms with Crippen molar-refractivity contribution in [2.75, 3.05) is 26.5 Å². The lowest BCUT2D eigenvalue weighted by atomic mass is 10.1. The van der Waals surface area contributed by atoms with Crippen molar-refractivity contribution in [1.29, 1.82) is 0 Å². The number of para-hydroxylation sites is 1. The highest BCUT2D eigenvalue weighted by Gasteiger charge is 2.06. The highest BCUT2D eigenvalue weighted by molar-refractivity contribution is 5.85. The second kappa shape index (κ2) is 11.3. The van der Waals surface area contributed by atoms with Crippen molar-refractivity contribution in [1.82, 2.24) is 5.32 Å². The van der Waals surface area contributed by atoms with Crippen LogP contribution in [-0.2, 0) is 17.6 Å².